The van der Waals surface area contributed by atoms with E-state index in [1.54, 1.807) is 18.3 Å². The summed E-state index contributed by atoms with van der Waals surface area (Å²) in [6, 6.07) is 7.91. The molecule has 0 saturated heterocycles. The van der Waals surface area contributed by atoms with E-state index < -0.39 is 11.9 Å². The highest BCUT2D eigenvalue weighted by atomic mass is 32.1. The van der Waals surface area contributed by atoms with Crippen molar-refractivity contribution < 1.29 is 9.90 Å². The predicted octanol–water partition coefficient (Wildman–Crippen LogP) is 2.45. The molecule has 0 bridgehead atoms. The third kappa shape index (κ3) is 2.55. The number of anilines is 1. The van der Waals surface area contributed by atoms with Crippen molar-refractivity contribution in [2.75, 3.05) is 18.5 Å². The molecule has 0 saturated carbocycles. The maximum Gasteiger partial charge on any atom is 0.308 e. The third-order valence-electron chi connectivity index (χ3n) is 2.58. The highest BCUT2D eigenvalue weighted by Crippen LogP contribution is 2.28. The Morgan fingerprint density at radius 1 is 1.53 bits per heavy atom. The molecule has 1 aromatic heterocycles. The lowest BCUT2D eigenvalue weighted by molar-refractivity contribution is -0.140. The number of nitrogens with zero attached hydrogens (tertiary/aromatic N) is 2. The first-order chi connectivity index (χ1) is 8.08. The smallest absolute Gasteiger partial charge is 0.308 e. The van der Waals surface area contributed by atoms with Crippen molar-refractivity contribution >= 4 is 32.7 Å². The van der Waals surface area contributed by atoms with Gasteiger partial charge in [0, 0.05) is 13.6 Å². The molecule has 0 aliphatic heterocycles. The van der Waals surface area contributed by atoms with E-state index in [1.165, 1.54) is 0 Å². The molecule has 0 fully saturated rings. The minimum atomic E-state index is -0.780. The monoisotopic (exact) mass is 250 g/mol. The number of para-hydroxylation sites is 1. The van der Waals surface area contributed by atoms with Gasteiger partial charge in [-0.05, 0) is 12.1 Å². The Bertz CT molecular complexity index is 505. The number of fused-ring (bicyclic) bond motifs is 1. The average Bonchev–Trinajstić information content (AvgIpc) is 2.72. The largest absolute Gasteiger partial charge is 0.481 e. The Kier molecular flexibility index (Phi) is 3.28. The van der Waals surface area contributed by atoms with Crippen molar-refractivity contribution in [1.29, 1.82) is 0 Å². The first kappa shape index (κ1) is 11.9. The molecule has 1 aromatic carbocycles. The van der Waals surface area contributed by atoms with Crippen molar-refractivity contribution in [1.82, 2.24) is 4.98 Å². The van der Waals surface area contributed by atoms with Crippen molar-refractivity contribution in [3.05, 3.63) is 24.3 Å². The van der Waals surface area contributed by atoms with Gasteiger partial charge in [0.2, 0.25) is 0 Å². The topological polar surface area (TPSA) is 53.4 Å². The Labute approximate surface area is 104 Å². The van der Waals surface area contributed by atoms with Crippen LogP contribution in [0.15, 0.2) is 24.3 Å². The molecule has 0 amide bonds. The zero-order valence-electron chi connectivity index (χ0n) is 9.75. The molecule has 0 spiro atoms. The minimum Gasteiger partial charge on any atom is -0.481 e. The van der Waals surface area contributed by atoms with Crippen LogP contribution in [0.4, 0.5) is 5.13 Å². The Balaban J connectivity index is 2.19. The lowest BCUT2D eigenvalue weighted by Gasteiger charge is -2.17. The van der Waals surface area contributed by atoms with Gasteiger partial charge in [-0.3, -0.25) is 4.79 Å². The van der Waals surface area contributed by atoms with Gasteiger partial charge in [-0.2, -0.15) is 0 Å². The maximum atomic E-state index is 10.8. The standard InChI is InChI=1S/C12H14N2O2S/c1-8(11(15)16)7-14(2)12-13-9-5-3-4-6-10(9)17-12/h3-6,8H,7H2,1-2H3,(H,15,16). The number of thiazole rings is 1. The summed E-state index contributed by atoms with van der Waals surface area (Å²) in [5, 5.41) is 9.73. The number of carboxylic acids is 1. The molecule has 2 aromatic rings. The fourth-order valence-corrected chi connectivity index (χ4v) is 2.53. The average molecular weight is 250 g/mol. The van der Waals surface area contributed by atoms with Gasteiger partial charge in [-0.15, -0.1) is 0 Å². The first-order valence-corrected chi connectivity index (χ1v) is 6.19. The molecule has 90 valence electrons. The van der Waals surface area contributed by atoms with Crippen LogP contribution < -0.4 is 4.90 Å². The van der Waals surface area contributed by atoms with E-state index in [9.17, 15) is 4.79 Å². The lowest BCUT2D eigenvalue weighted by atomic mass is 10.2. The molecule has 2 rings (SSSR count). The molecule has 17 heavy (non-hydrogen) atoms. The molecule has 0 aliphatic carbocycles. The number of aliphatic carboxylic acids is 1. The molecular formula is C12H14N2O2S. The molecule has 4 nitrogen and oxygen atoms in total. The number of rotatable bonds is 4. The van der Waals surface area contributed by atoms with E-state index in [0.29, 0.717) is 6.54 Å². The normalized spacial score (nSPS) is 12.6. The van der Waals surface area contributed by atoms with E-state index in [1.807, 2.05) is 36.2 Å². The molecule has 0 aliphatic rings. The number of carbonyl (C=O) groups is 1. The fraction of sp³-hybridized carbons (Fsp3) is 0.333. The molecule has 1 unspecified atom stereocenters. The van der Waals surface area contributed by atoms with Crippen LogP contribution in [0.5, 0.6) is 0 Å². The Morgan fingerprint density at radius 2 is 2.24 bits per heavy atom. The van der Waals surface area contributed by atoms with Crippen molar-refractivity contribution in [3.63, 3.8) is 0 Å². The van der Waals surface area contributed by atoms with Gasteiger partial charge in [0.25, 0.3) is 0 Å². The molecule has 5 heteroatoms. The summed E-state index contributed by atoms with van der Waals surface area (Å²) in [4.78, 5) is 17.2. The van der Waals surface area contributed by atoms with Crippen LogP contribution in [0, 0.1) is 5.92 Å². The number of carboxylic acid groups (broad SMARTS) is 1. The Hall–Kier alpha value is -1.62. The quantitative estimate of drug-likeness (QED) is 0.905. The van der Waals surface area contributed by atoms with E-state index in [4.69, 9.17) is 5.11 Å². The second kappa shape index (κ2) is 4.71. The summed E-state index contributed by atoms with van der Waals surface area (Å²) in [6.45, 7) is 2.17. The van der Waals surface area contributed by atoms with Crippen molar-refractivity contribution in [3.8, 4) is 0 Å². The third-order valence-corrected chi connectivity index (χ3v) is 3.73. The van der Waals surface area contributed by atoms with Crippen LogP contribution in [0.1, 0.15) is 6.92 Å². The van der Waals surface area contributed by atoms with E-state index >= 15 is 0 Å². The summed E-state index contributed by atoms with van der Waals surface area (Å²) in [6.07, 6.45) is 0. The minimum absolute atomic E-state index is 0.396. The summed E-state index contributed by atoms with van der Waals surface area (Å²) < 4.78 is 1.12. The second-order valence-corrected chi connectivity index (χ2v) is 5.09. The first-order valence-electron chi connectivity index (χ1n) is 5.37. The highest BCUT2D eigenvalue weighted by Gasteiger charge is 2.16. The van der Waals surface area contributed by atoms with Gasteiger partial charge in [0.05, 0.1) is 16.1 Å². The second-order valence-electron chi connectivity index (χ2n) is 4.08. The van der Waals surface area contributed by atoms with Crippen molar-refractivity contribution in [2.45, 2.75) is 6.92 Å². The lowest BCUT2D eigenvalue weighted by Crippen LogP contribution is -2.28. The van der Waals surface area contributed by atoms with E-state index in [0.717, 1.165) is 15.3 Å². The summed E-state index contributed by atoms with van der Waals surface area (Å²) >= 11 is 1.58. The molecule has 0 radical (unpaired) electrons. The van der Waals surface area contributed by atoms with Gasteiger partial charge in [0.1, 0.15) is 0 Å². The van der Waals surface area contributed by atoms with Crippen LogP contribution in [0.2, 0.25) is 0 Å². The van der Waals surface area contributed by atoms with Gasteiger partial charge < -0.3 is 10.0 Å². The van der Waals surface area contributed by atoms with Crippen molar-refractivity contribution in [2.24, 2.45) is 5.92 Å². The number of aromatic nitrogens is 1. The summed E-state index contributed by atoms with van der Waals surface area (Å²) in [5.41, 5.74) is 0.960. The number of hydrogen-bond acceptors (Lipinski definition) is 4. The fourth-order valence-electron chi connectivity index (χ4n) is 1.59. The zero-order chi connectivity index (χ0) is 12.4. The van der Waals surface area contributed by atoms with Crippen LogP contribution in [-0.2, 0) is 4.79 Å². The Morgan fingerprint density at radius 3 is 2.88 bits per heavy atom. The summed E-state index contributed by atoms with van der Waals surface area (Å²) in [5.74, 6) is -1.18. The van der Waals surface area contributed by atoms with Gasteiger partial charge in [0.15, 0.2) is 5.13 Å². The predicted molar refractivity (Wildman–Crippen MR) is 69.7 cm³/mol. The molecular weight excluding hydrogens is 236 g/mol. The highest BCUT2D eigenvalue weighted by molar-refractivity contribution is 7.22. The maximum absolute atomic E-state index is 10.8. The molecule has 1 atom stereocenters. The zero-order valence-corrected chi connectivity index (χ0v) is 10.6. The van der Waals surface area contributed by atoms with Gasteiger partial charge in [-0.1, -0.05) is 30.4 Å². The van der Waals surface area contributed by atoms with Crippen LogP contribution >= 0.6 is 11.3 Å². The van der Waals surface area contributed by atoms with Gasteiger partial charge >= 0.3 is 5.97 Å². The van der Waals surface area contributed by atoms with E-state index in [2.05, 4.69) is 4.98 Å². The number of hydrogen-bond donors (Lipinski definition) is 1. The molecule has 1 N–H and O–H groups in total. The van der Waals surface area contributed by atoms with Crippen LogP contribution in [0.25, 0.3) is 10.2 Å². The molecule has 1 heterocycles. The van der Waals surface area contributed by atoms with E-state index in [-0.39, 0.29) is 0 Å². The van der Waals surface area contributed by atoms with Crippen LogP contribution in [0.3, 0.4) is 0 Å². The summed E-state index contributed by atoms with van der Waals surface area (Å²) in [7, 11) is 1.87. The van der Waals surface area contributed by atoms with Gasteiger partial charge in [-0.25, -0.2) is 4.98 Å². The SMILES string of the molecule is CC(CN(C)c1nc2ccccc2s1)C(=O)O. The van der Waals surface area contributed by atoms with Crippen LogP contribution in [-0.4, -0.2) is 29.7 Å². The number of benzene rings is 1.